The van der Waals surface area contributed by atoms with Crippen LogP contribution < -0.4 is 0 Å². The zero-order valence-corrected chi connectivity index (χ0v) is 10.6. The summed E-state index contributed by atoms with van der Waals surface area (Å²) in [5.41, 5.74) is 0.623. The van der Waals surface area contributed by atoms with Gasteiger partial charge in [-0.1, -0.05) is 13.0 Å². The van der Waals surface area contributed by atoms with Gasteiger partial charge in [0.05, 0.1) is 12.7 Å². The Morgan fingerprint density at radius 1 is 1.41 bits per heavy atom. The summed E-state index contributed by atoms with van der Waals surface area (Å²) in [5.74, 6) is 0.616. The second kappa shape index (κ2) is 5.19. The number of carbonyl (C=O) groups is 1. The van der Waals surface area contributed by atoms with E-state index in [-0.39, 0.29) is 5.97 Å². The highest BCUT2D eigenvalue weighted by molar-refractivity contribution is 7.99. The second-order valence-electron chi connectivity index (χ2n) is 3.46. The third-order valence-corrected chi connectivity index (χ3v) is 3.48. The van der Waals surface area contributed by atoms with Crippen molar-refractivity contribution in [2.24, 2.45) is 0 Å². The number of rotatable bonds is 3. The smallest absolute Gasteiger partial charge is 0.339 e. The number of benzene rings is 1. The molecule has 0 amide bonds. The average Bonchev–Trinajstić information content (AvgIpc) is 2.38. The first-order valence-corrected chi connectivity index (χ1v) is 6.34. The molecule has 0 aliphatic heterocycles. The molecule has 3 nitrogen and oxygen atoms in total. The van der Waals surface area contributed by atoms with Crippen LogP contribution in [0.3, 0.4) is 0 Å². The Bertz CT molecular complexity index is 554. The Kier molecular flexibility index (Phi) is 3.64. The number of ether oxygens (including phenoxy) is 1. The van der Waals surface area contributed by atoms with Crippen LogP contribution >= 0.6 is 11.8 Å². The van der Waals surface area contributed by atoms with Gasteiger partial charge < -0.3 is 4.74 Å². The Hall–Kier alpha value is -1.55. The quantitative estimate of drug-likeness (QED) is 0.617. The zero-order chi connectivity index (χ0) is 12.3. The van der Waals surface area contributed by atoms with E-state index in [0.717, 1.165) is 21.4 Å². The van der Waals surface area contributed by atoms with Gasteiger partial charge in [-0.05, 0) is 23.3 Å². The van der Waals surface area contributed by atoms with Gasteiger partial charge >= 0.3 is 5.97 Å². The monoisotopic (exact) mass is 247 g/mol. The van der Waals surface area contributed by atoms with Crippen LogP contribution in [0, 0.1) is 0 Å². The largest absolute Gasteiger partial charge is 0.465 e. The van der Waals surface area contributed by atoms with Gasteiger partial charge in [0.1, 0.15) is 0 Å². The molecule has 0 saturated heterocycles. The van der Waals surface area contributed by atoms with Crippen molar-refractivity contribution < 1.29 is 9.53 Å². The molecule has 88 valence electrons. The minimum Gasteiger partial charge on any atom is -0.465 e. The molecule has 0 aliphatic rings. The van der Waals surface area contributed by atoms with Gasteiger partial charge in [0, 0.05) is 22.7 Å². The van der Waals surface area contributed by atoms with E-state index in [1.807, 2.05) is 12.1 Å². The molecule has 0 fully saturated rings. The van der Waals surface area contributed by atoms with Crippen LogP contribution in [0.15, 0.2) is 35.5 Å². The fourth-order valence-corrected chi connectivity index (χ4v) is 2.65. The van der Waals surface area contributed by atoms with Crippen molar-refractivity contribution in [1.29, 1.82) is 0 Å². The predicted molar refractivity (Wildman–Crippen MR) is 69.5 cm³/mol. The van der Waals surface area contributed by atoms with E-state index in [1.165, 1.54) is 7.11 Å². The lowest BCUT2D eigenvalue weighted by Gasteiger charge is -2.09. The number of esters is 1. The lowest BCUT2D eigenvalue weighted by Crippen LogP contribution is -2.03. The topological polar surface area (TPSA) is 39.2 Å². The Balaban J connectivity index is 2.68. The molecular formula is C13H13NO2S. The first-order valence-electron chi connectivity index (χ1n) is 5.35. The molecule has 0 bridgehead atoms. The zero-order valence-electron chi connectivity index (χ0n) is 9.77. The van der Waals surface area contributed by atoms with Crippen LogP contribution in [-0.4, -0.2) is 23.8 Å². The van der Waals surface area contributed by atoms with Crippen LogP contribution in [0.2, 0.25) is 0 Å². The van der Waals surface area contributed by atoms with Crippen LogP contribution in [0.5, 0.6) is 0 Å². The molecule has 0 spiro atoms. The molecule has 0 radical (unpaired) electrons. The number of hydrogen-bond donors (Lipinski definition) is 0. The first kappa shape index (κ1) is 11.9. The number of carbonyl (C=O) groups excluding carboxylic acids is 1. The van der Waals surface area contributed by atoms with E-state index in [9.17, 15) is 4.79 Å². The fraction of sp³-hybridized carbons (Fsp3) is 0.231. The summed E-state index contributed by atoms with van der Waals surface area (Å²) in [6.45, 7) is 2.06. The highest BCUT2D eigenvalue weighted by atomic mass is 32.2. The van der Waals surface area contributed by atoms with E-state index in [4.69, 9.17) is 4.74 Å². The third kappa shape index (κ3) is 2.26. The molecule has 2 aromatic rings. The van der Waals surface area contributed by atoms with Crippen LogP contribution in [-0.2, 0) is 4.74 Å². The van der Waals surface area contributed by atoms with Crippen molar-refractivity contribution in [3.8, 4) is 0 Å². The number of fused-ring (bicyclic) bond motifs is 1. The number of nitrogens with zero attached hydrogens (tertiary/aromatic N) is 1. The maximum absolute atomic E-state index is 11.7. The minimum atomic E-state index is -0.292. The van der Waals surface area contributed by atoms with Crippen LogP contribution in [0.4, 0.5) is 0 Å². The van der Waals surface area contributed by atoms with Crippen molar-refractivity contribution in [3.63, 3.8) is 0 Å². The first-order chi connectivity index (χ1) is 8.27. The highest BCUT2D eigenvalue weighted by Gasteiger charge is 2.14. The summed E-state index contributed by atoms with van der Waals surface area (Å²) in [4.78, 5) is 16.8. The summed E-state index contributed by atoms with van der Waals surface area (Å²) < 4.78 is 4.80. The third-order valence-electron chi connectivity index (χ3n) is 2.46. The molecule has 1 aromatic heterocycles. The molecule has 1 aromatic carbocycles. The molecule has 0 unspecified atom stereocenters. The highest BCUT2D eigenvalue weighted by Crippen LogP contribution is 2.31. The van der Waals surface area contributed by atoms with Gasteiger partial charge in [-0.3, -0.25) is 4.98 Å². The molecule has 1 heterocycles. The van der Waals surface area contributed by atoms with E-state index in [2.05, 4.69) is 11.9 Å². The average molecular weight is 247 g/mol. The van der Waals surface area contributed by atoms with E-state index in [1.54, 1.807) is 30.2 Å². The van der Waals surface area contributed by atoms with Crippen molar-refractivity contribution in [3.05, 3.63) is 36.2 Å². The van der Waals surface area contributed by atoms with Crippen LogP contribution in [0.25, 0.3) is 10.8 Å². The molecule has 4 heteroatoms. The summed E-state index contributed by atoms with van der Waals surface area (Å²) in [6.07, 6.45) is 3.54. The molecule has 17 heavy (non-hydrogen) atoms. The Morgan fingerprint density at radius 3 is 2.94 bits per heavy atom. The van der Waals surface area contributed by atoms with Gasteiger partial charge in [-0.2, -0.15) is 0 Å². The van der Waals surface area contributed by atoms with Gasteiger partial charge in [0.2, 0.25) is 0 Å². The fourth-order valence-electron chi connectivity index (χ4n) is 1.71. The summed E-state index contributed by atoms with van der Waals surface area (Å²) in [5, 5.41) is 2.09. The Morgan fingerprint density at radius 2 is 2.24 bits per heavy atom. The van der Waals surface area contributed by atoms with E-state index in [0.29, 0.717) is 5.56 Å². The van der Waals surface area contributed by atoms with Gasteiger partial charge in [-0.15, -0.1) is 11.8 Å². The predicted octanol–water partition coefficient (Wildman–Crippen LogP) is 3.13. The van der Waals surface area contributed by atoms with Crippen molar-refractivity contribution in [2.75, 3.05) is 12.9 Å². The van der Waals surface area contributed by atoms with Crippen LogP contribution in [0.1, 0.15) is 17.3 Å². The molecule has 0 saturated carbocycles. The molecule has 0 N–H and O–H groups in total. The van der Waals surface area contributed by atoms with Crippen molar-refractivity contribution >= 4 is 28.5 Å². The second-order valence-corrected chi connectivity index (χ2v) is 4.74. The van der Waals surface area contributed by atoms with E-state index >= 15 is 0 Å². The van der Waals surface area contributed by atoms with Gasteiger partial charge in [-0.25, -0.2) is 4.79 Å². The number of thioether (sulfide) groups is 1. The molecule has 0 atom stereocenters. The number of aromatic nitrogens is 1. The number of pyridine rings is 1. The number of methoxy groups -OCH3 is 1. The van der Waals surface area contributed by atoms with Gasteiger partial charge in [0.15, 0.2) is 0 Å². The maximum atomic E-state index is 11.7. The van der Waals surface area contributed by atoms with Gasteiger partial charge in [0.25, 0.3) is 0 Å². The summed E-state index contributed by atoms with van der Waals surface area (Å²) in [7, 11) is 1.40. The molecule has 0 aliphatic carbocycles. The normalized spacial score (nSPS) is 10.5. The lowest BCUT2D eigenvalue weighted by molar-refractivity contribution is 0.0597. The molecular weight excluding hydrogens is 234 g/mol. The molecule has 2 rings (SSSR count). The number of hydrogen-bond acceptors (Lipinski definition) is 4. The summed E-state index contributed by atoms with van der Waals surface area (Å²) in [6, 6.07) is 5.63. The standard InChI is InChI=1S/C13H13NO2S/c1-3-17-12-10-6-7-14-8-9(10)4-5-11(12)13(15)16-2/h4-8H,3H2,1-2H3. The van der Waals surface area contributed by atoms with Crippen molar-refractivity contribution in [1.82, 2.24) is 4.98 Å². The lowest BCUT2D eigenvalue weighted by atomic mass is 10.1. The summed E-state index contributed by atoms with van der Waals surface area (Å²) >= 11 is 1.65. The maximum Gasteiger partial charge on any atom is 0.339 e. The minimum absolute atomic E-state index is 0.292. The SMILES string of the molecule is CCSc1c(C(=O)OC)ccc2cnccc12. The van der Waals surface area contributed by atoms with E-state index < -0.39 is 0 Å². The van der Waals surface area contributed by atoms with Crippen molar-refractivity contribution in [2.45, 2.75) is 11.8 Å². The Labute approximate surface area is 104 Å².